The Kier molecular flexibility index (Phi) is 3.51. The third kappa shape index (κ3) is 2.20. The highest BCUT2D eigenvalue weighted by Crippen LogP contribution is 2.35. The molecule has 68 valence electrons. The minimum atomic E-state index is 0.796. The summed E-state index contributed by atoms with van der Waals surface area (Å²) in [5.41, 5.74) is 1.41. The van der Waals surface area contributed by atoms with Gasteiger partial charge in [-0.15, -0.1) is 6.58 Å². The van der Waals surface area contributed by atoms with Crippen LogP contribution < -0.4 is 0 Å². The van der Waals surface area contributed by atoms with Crippen LogP contribution in [0.1, 0.15) is 32.6 Å². The summed E-state index contributed by atoms with van der Waals surface area (Å²) in [6.07, 6.45) is 6.88. The molecule has 0 heterocycles. The average Bonchev–Trinajstić information content (AvgIpc) is 2.02. The standard InChI is InChI=1S/C11H19N/c1-4-5-6-11(12-3)10-7-9(2)8-10/h4,9-10H,1,5-8H2,2-3H3. The average molecular weight is 165 g/mol. The van der Waals surface area contributed by atoms with Gasteiger partial charge in [-0.3, -0.25) is 4.99 Å². The molecule has 0 amide bonds. The second-order valence-corrected chi connectivity index (χ2v) is 3.82. The predicted molar refractivity (Wildman–Crippen MR) is 54.7 cm³/mol. The van der Waals surface area contributed by atoms with Gasteiger partial charge in [0.15, 0.2) is 0 Å². The van der Waals surface area contributed by atoms with E-state index < -0.39 is 0 Å². The largest absolute Gasteiger partial charge is 0.297 e. The monoisotopic (exact) mass is 165 g/mol. The molecule has 1 rings (SSSR count). The fourth-order valence-electron chi connectivity index (χ4n) is 1.92. The van der Waals surface area contributed by atoms with E-state index in [4.69, 9.17) is 0 Å². The molecular formula is C11H19N. The van der Waals surface area contributed by atoms with Crippen molar-refractivity contribution >= 4 is 5.71 Å². The predicted octanol–water partition coefficient (Wildman–Crippen LogP) is 3.07. The number of rotatable bonds is 4. The van der Waals surface area contributed by atoms with E-state index in [0.717, 1.165) is 24.7 Å². The first-order valence-electron chi connectivity index (χ1n) is 4.84. The zero-order valence-corrected chi connectivity index (χ0v) is 8.21. The molecule has 1 aliphatic rings. The molecule has 0 aromatic rings. The SMILES string of the molecule is C=CCCC(=NC)C1CC(C)C1. The van der Waals surface area contributed by atoms with Crippen LogP contribution in [0.2, 0.25) is 0 Å². The van der Waals surface area contributed by atoms with Crippen molar-refractivity contribution in [3.05, 3.63) is 12.7 Å². The van der Waals surface area contributed by atoms with E-state index in [2.05, 4.69) is 18.5 Å². The molecule has 0 saturated heterocycles. The number of aliphatic imine (C=N–C) groups is 1. The van der Waals surface area contributed by atoms with E-state index in [1.165, 1.54) is 18.6 Å². The maximum absolute atomic E-state index is 4.35. The highest BCUT2D eigenvalue weighted by molar-refractivity contribution is 5.87. The third-order valence-corrected chi connectivity index (χ3v) is 2.74. The smallest absolute Gasteiger partial charge is 0.0276 e. The van der Waals surface area contributed by atoms with Gasteiger partial charge in [0.05, 0.1) is 0 Å². The summed E-state index contributed by atoms with van der Waals surface area (Å²) in [5, 5.41) is 0. The molecule has 1 aliphatic carbocycles. The van der Waals surface area contributed by atoms with Crippen LogP contribution in [-0.4, -0.2) is 12.8 Å². The minimum absolute atomic E-state index is 0.796. The lowest BCUT2D eigenvalue weighted by molar-refractivity contribution is 0.278. The Morgan fingerprint density at radius 1 is 1.58 bits per heavy atom. The van der Waals surface area contributed by atoms with Crippen LogP contribution in [0.25, 0.3) is 0 Å². The molecule has 0 aromatic heterocycles. The van der Waals surface area contributed by atoms with Gasteiger partial charge in [-0.05, 0) is 37.5 Å². The van der Waals surface area contributed by atoms with E-state index >= 15 is 0 Å². The number of hydrogen-bond acceptors (Lipinski definition) is 1. The van der Waals surface area contributed by atoms with E-state index in [1.807, 2.05) is 13.1 Å². The van der Waals surface area contributed by atoms with Crippen molar-refractivity contribution in [3.63, 3.8) is 0 Å². The summed E-state index contributed by atoms with van der Waals surface area (Å²) in [7, 11) is 1.92. The second kappa shape index (κ2) is 4.44. The molecule has 0 aromatic carbocycles. The van der Waals surface area contributed by atoms with Gasteiger partial charge in [-0.25, -0.2) is 0 Å². The highest BCUT2D eigenvalue weighted by Gasteiger charge is 2.28. The molecule has 1 saturated carbocycles. The number of nitrogens with zero attached hydrogens (tertiary/aromatic N) is 1. The zero-order valence-electron chi connectivity index (χ0n) is 8.21. The van der Waals surface area contributed by atoms with E-state index in [1.54, 1.807) is 0 Å². The Morgan fingerprint density at radius 2 is 2.25 bits per heavy atom. The fraction of sp³-hybridized carbons (Fsp3) is 0.727. The molecule has 0 aliphatic heterocycles. The topological polar surface area (TPSA) is 12.4 Å². The Morgan fingerprint density at radius 3 is 2.67 bits per heavy atom. The normalized spacial score (nSPS) is 29.7. The molecule has 12 heavy (non-hydrogen) atoms. The van der Waals surface area contributed by atoms with Crippen LogP contribution in [0.15, 0.2) is 17.6 Å². The highest BCUT2D eigenvalue weighted by atomic mass is 14.7. The van der Waals surface area contributed by atoms with Crippen molar-refractivity contribution in [2.45, 2.75) is 32.6 Å². The van der Waals surface area contributed by atoms with Gasteiger partial charge in [-0.2, -0.15) is 0 Å². The van der Waals surface area contributed by atoms with Crippen LogP contribution >= 0.6 is 0 Å². The van der Waals surface area contributed by atoms with Gasteiger partial charge < -0.3 is 0 Å². The molecule has 0 atom stereocenters. The van der Waals surface area contributed by atoms with Crippen LogP contribution in [-0.2, 0) is 0 Å². The summed E-state index contributed by atoms with van der Waals surface area (Å²) < 4.78 is 0. The van der Waals surface area contributed by atoms with Crippen molar-refractivity contribution in [3.8, 4) is 0 Å². The Bertz CT molecular complexity index is 175. The van der Waals surface area contributed by atoms with Crippen LogP contribution in [0, 0.1) is 11.8 Å². The summed E-state index contributed by atoms with van der Waals surface area (Å²) in [6, 6.07) is 0. The molecule has 1 heteroatoms. The van der Waals surface area contributed by atoms with Crippen molar-refractivity contribution in [2.75, 3.05) is 7.05 Å². The maximum Gasteiger partial charge on any atom is 0.0276 e. The number of allylic oxidation sites excluding steroid dienone is 1. The number of hydrogen-bond donors (Lipinski definition) is 0. The second-order valence-electron chi connectivity index (χ2n) is 3.82. The molecule has 0 N–H and O–H groups in total. The van der Waals surface area contributed by atoms with Gasteiger partial charge in [0.1, 0.15) is 0 Å². The van der Waals surface area contributed by atoms with Crippen molar-refractivity contribution in [2.24, 2.45) is 16.8 Å². The van der Waals surface area contributed by atoms with E-state index in [-0.39, 0.29) is 0 Å². The lowest BCUT2D eigenvalue weighted by Gasteiger charge is -2.33. The zero-order chi connectivity index (χ0) is 8.97. The lowest BCUT2D eigenvalue weighted by atomic mass is 9.72. The first-order chi connectivity index (χ1) is 5.77. The Balaban J connectivity index is 2.31. The summed E-state index contributed by atoms with van der Waals surface area (Å²) in [6.45, 7) is 6.05. The van der Waals surface area contributed by atoms with Crippen LogP contribution in [0.4, 0.5) is 0 Å². The molecular weight excluding hydrogens is 146 g/mol. The van der Waals surface area contributed by atoms with Gasteiger partial charge in [0, 0.05) is 12.8 Å². The van der Waals surface area contributed by atoms with Crippen LogP contribution in [0.3, 0.4) is 0 Å². The Hall–Kier alpha value is -0.590. The first-order valence-corrected chi connectivity index (χ1v) is 4.84. The summed E-state index contributed by atoms with van der Waals surface area (Å²) in [5.74, 6) is 1.72. The van der Waals surface area contributed by atoms with Gasteiger partial charge in [-0.1, -0.05) is 13.0 Å². The molecule has 0 radical (unpaired) electrons. The van der Waals surface area contributed by atoms with E-state index in [0.29, 0.717) is 0 Å². The minimum Gasteiger partial charge on any atom is -0.297 e. The molecule has 1 nitrogen and oxygen atoms in total. The quantitative estimate of drug-likeness (QED) is 0.448. The molecule has 0 bridgehead atoms. The van der Waals surface area contributed by atoms with Crippen LogP contribution in [0.5, 0.6) is 0 Å². The summed E-state index contributed by atoms with van der Waals surface area (Å²) in [4.78, 5) is 4.35. The Labute approximate surface area is 75.6 Å². The molecule has 0 spiro atoms. The fourth-order valence-corrected chi connectivity index (χ4v) is 1.92. The lowest BCUT2D eigenvalue weighted by Crippen LogP contribution is -2.28. The first kappa shape index (κ1) is 9.50. The van der Waals surface area contributed by atoms with Crippen molar-refractivity contribution in [1.29, 1.82) is 0 Å². The van der Waals surface area contributed by atoms with Crippen molar-refractivity contribution in [1.82, 2.24) is 0 Å². The van der Waals surface area contributed by atoms with Gasteiger partial charge in [0.25, 0.3) is 0 Å². The third-order valence-electron chi connectivity index (χ3n) is 2.74. The summed E-state index contributed by atoms with van der Waals surface area (Å²) >= 11 is 0. The van der Waals surface area contributed by atoms with Gasteiger partial charge >= 0.3 is 0 Å². The van der Waals surface area contributed by atoms with E-state index in [9.17, 15) is 0 Å². The van der Waals surface area contributed by atoms with Gasteiger partial charge in [0.2, 0.25) is 0 Å². The van der Waals surface area contributed by atoms with Crippen molar-refractivity contribution < 1.29 is 0 Å². The molecule has 1 fully saturated rings. The molecule has 0 unspecified atom stereocenters. The maximum atomic E-state index is 4.35.